The smallest absolute Gasteiger partial charge is 0.202 e. The molecule has 1 unspecified atom stereocenters. The van der Waals surface area contributed by atoms with Gasteiger partial charge in [0.2, 0.25) is 5.25 Å². The Labute approximate surface area is 53.0 Å². The minimum Gasteiger partial charge on any atom is -0.301 e. The topological polar surface area (TPSA) is 75.0 Å². The first-order valence-electron chi connectivity index (χ1n) is 2.06. The van der Waals surface area contributed by atoms with Crippen LogP contribution in [0, 0.1) is 11.3 Å². The molecule has 4 nitrogen and oxygen atoms in total. The third kappa shape index (κ3) is 2.24. The van der Waals surface area contributed by atoms with Gasteiger partial charge in [-0.1, -0.05) is 0 Å². The van der Waals surface area contributed by atoms with Crippen LogP contribution >= 0.6 is 0 Å². The maximum Gasteiger partial charge on any atom is 0.202 e. The molecule has 0 saturated carbocycles. The van der Waals surface area contributed by atoms with Gasteiger partial charge in [-0.25, -0.2) is 8.42 Å². The largest absolute Gasteiger partial charge is 0.301 e. The van der Waals surface area contributed by atoms with E-state index in [4.69, 9.17) is 5.26 Å². The standard InChI is InChI=1S/C4H5NO3S/c1-9(7,8)4(2-5)3-6/h3-4H,1H3. The molecule has 5 heteroatoms. The Balaban J connectivity index is 4.58. The molecule has 0 rings (SSSR count). The Morgan fingerprint density at radius 3 is 2.11 bits per heavy atom. The fourth-order valence-electron chi connectivity index (χ4n) is 0.227. The molecule has 0 bridgehead atoms. The summed E-state index contributed by atoms with van der Waals surface area (Å²) >= 11 is 0. The molecule has 0 aromatic rings. The zero-order valence-corrected chi connectivity index (χ0v) is 5.55. The predicted molar refractivity (Wildman–Crippen MR) is 30.3 cm³/mol. The van der Waals surface area contributed by atoms with Crippen LogP contribution in [0.1, 0.15) is 0 Å². The summed E-state index contributed by atoms with van der Waals surface area (Å²) in [4.78, 5) is 9.78. The zero-order valence-electron chi connectivity index (χ0n) is 4.73. The van der Waals surface area contributed by atoms with Gasteiger partial charge in [-0.15, -0.1) is 0 Å². The lowest BCUT2D eigenvalue weighted by Gasteiger charge is -1.92. The number of nitrogens with zero attached hydrogens (tertiary/aromatic N) is 1. The van der Waals surface area contributed by atoms with Crippen molar-refractivity contribution in [3.8, 4) is 6.07 Å². The van der Waals surface area contributed by atoms with Gasteiger partial charge in [-0.2, -0.15) is 5.26 Å². The molecule has 0 spiro atoms. The lowest BCUT2D eigenvalue weighted by molar-refractivity contribution is -0.106. The molecule has 0 heterocycles. The molecule has 0 N–H and O–H groups in total. The van der Waals surface area contributed by atoms with Gasteiger partial charge in [0, 0.05) is 6.26 Å². The van der Waals surface area contributed by atoms with Crippen molar-refractivity contribution in [2.24, 2.45) is 0 Å². The first kappa shape index (κ1) is 8.11. The first-order chi connectivity index (χ1) is 4.02. The number of aldehydes is 1. The van der Waals surface area contributed by atoms with Crippen LogP contribution in [-0.4, -0.2) is 26.2 Å². The maximum atomic E-state index is 10.3. The molecule has 0 radical (unpaired) electrons. The Kier molecular flexibility index (Phi) is 2.34. The van der Waals surface area contributed by atoms with Gasteiger partial charge in [0.05, 0.1) is 6.07 Å². The van der Waals surface area contributed by atoms with Gasteiger partial charge >= 0.3 is 0 Å². The van der Waals surface area contributed by atoms with Crippen molar-refractivity contribution in [2.75, 3.05) is 6.26 Å². The average molecular weight is 147 g/mol. The van der Waals surface area contributed by atoms with E-state index < -0.39 is 15.1 Å². The van der Waals surface area contributed by atoms with Crippen molar-refractivity contribution in [1.29, 1.82) is 5.26 Å². The highest BCUT2D eigenvalue weighted by molar-refractivity contribution is 7.92. The fourth-order valence-corrected chi connectivity index (χ4v) is 0.620. The van der Waals surface area contributed by atoms with Crippen LogP contribution in [0.3, 0.4) is 0 Å². The quantitative estimate of drug-likeness (QED) is 0.475. The Morgan fingerprint density at radius 1 is 1.67 bits per heavy atom. The van der Waals surface area contributed by atoms with Gasteiger partial charge in [-0.05, 0) is 0 Å². The number of hydrogen-bond acceptors (Lipinski definition) is 4. The van der Waals surface area contributed by atoms with E-state index >= 15 is 0 Å². The second-order valence-electron chi connectivity index (χ2n) is 1.52. The van der Waals surface area contributed by atoms with Crippen LogP contribution in [0.15, 0.2) is 0 Å². The molecular weight excluding hydrogens is 142 g/mol. The molecular formula is C4H5NO3S. The van der Waals surface area contributed by atoms with E-state index in [0.717, 1.165) is 6.26 Å². The van der Waals surface area contributed by atoms with Crippen molar-refractivity contribution in [2.45, 2.75) is 5.25 Å². The van der Waals surface area contributed by atoms with Crippen molar-refractivity contribution in [1.82, 2.24) is 0 Å². The maximum absolute atomic E-state index is 10.3. The van der Waals surface area contributed by atoms with Crippen LogP contribution in [0.25, 0.3) is 0 Å². The first-order valence-corrected chi connectivity index (χ1v) is 4.01. The van der Waals surface area contributed by atoms with Crippen LogP contribution in [0.4, 0.5) is 0 Å². The van der Waals surface area contributed by atoms with Gasteiger partial charge < -0.3 is 4.79 Å². The third-order valence-electron chi connectivity index (χ3n) is 0.712. The Morgan fingerprint density at radius 2 is 2.11 bits per heavy atom. The molecule has 0 saturated heterocycles. The van der Waals surface area contributed by atoms with E-state index in [1.807, 2.05) is 0 Å². The molecule has 0 amide bonds. The fraction of sp³-hybridized carbons (Fsp3) is 0.500. The van der Waals surface area contributed by atoms with Crippen LogP contribution in [-0.2, 0) is 14.6 Å². The predicted octanol–water partition coefficient (Wildman–Crippen LogP) is -0.878. The second-order valence-corrected chi connectivity index (χ2v) is 3.68. The van der Waals surface area contributed by atoms with Gasteiger partial charge in [0.25, 0.3) is 0 Å². The summed E-state index contributed by atoms with van der Waals surface area (Å²) < 4.78 is 20.7. The van der Waals surface area contributed by atoms with E-state index in [2.05, 4.69) is 0 Å². The molecule has 0 aliphatic carbocycles. The van der Waals surface area contributed by atoms with Crippen LogP contribution in [0.2, 0.25) is 0 Å². The van der Waals surface area contributed by atoms with Crippen molar-refractivity contribution in [3.05, 3.63) is 0 Å². The summed E-state index contributed by atoms with van der Waals surface area (Å²) in [5.41, 5.74) is 0. The molecule has 0 aromatic heterocycles. The molecule has 0 fully saturated rings. The number of carbonyl (C=O) groups is 1. The van der Waals surface area contributed by atoms with Crippen molar-refractivity contribution in [3.63, 3.8) is 0 Å². The van der Waals surface area contributed by atoms with E-state index in [9.17, 15) is 13.2 Å². The van der Waals surface area contributed by atoms with E-state index in [1.165, 1.54) is 6.07 Å². The van der Waals surface area contributed by atoms with Crippen LogP contribution in [0.5, 0.6) is 0 Å². The van der Waals surface area contributed by atoms with E-state index in [0.29, 0.717) is 0 Å². The minimum absolute atomic E-state index is 0.106. The minimum atomic E-state index is -3.49. The Bertz CT molecular complexity index is 235. The third-order valence-corrected chi connectivity index (χ3v) is 1.85. The lowest BCUT2D eigenvalue weighted by Crippen LogP contribution is -2.18. The number of sulfone groups is 1. The number of nitriles is 1. The summed E-state index contributed by atoms with van der Waals surface area (Å²) in [6.45, 7) is 0. The average Bonchev–Trinajstić information content (AvgIpc) is 1.65. The number of rotatable bonds is 2. The molecule has 0 aromatic carbocycles. The number of hydrogen-bond donors (Lipinski definition) is 0. The summed E-state index contributed by atoms with van der Waals surface area (Å²) in [6.07, 6.45) is 0.949. The van der Waals surface area contributed by atoms with Crippen molar-refractivity contribution >= 4 is 16.1 Å². The molecule has 9 heavy (non-hydrogen) atoms. The Hall–Kier alpha value is -0.890. The summed E-state index contributed by atoms with van der Waals surface area (Å²) in [5.74, 6) is 0. The monoisotopic (exact) mass is 147 g/mol. The highest BCUT2D eigenvalue weighted by Crippen LogP contribution is 1.91. The SMILES string of the molecule is CS(=O)(=O)C(C#N)C=O. The lowest BCUT2D eigenvalue weighted by atomic mass is 10.5. The summed E-state index contributed by atoms with van der Waals surface area (Å²) in [7, 11) is -3.49. The normalized spacial score (nSPS) is 13.8. The van der Waals surface area contributed by atoms with E-state index in [-0.39, 0.29) is 6.29 Å². The van der Waals surface area contributed by atoms with Crippen molar-refractivity contribution < 1.29 is 13.2 Å². The number of carbonyl (C=O) groups excluding carboxylic acids is 1. The van der Waals surface area contributed by atoms with E-state index in [1.54, 1.807) is 0 Å². The highest BCUT2D eigenvalue weighted by Gasteiger charge is 2.17. The van der Waals surface area contributed by atoms with Gasteiger partial charge in [0.1, 0.15) is 0 Å². The van der Waals surface area contributed by atoms with Gasteiger partial charge in [-0.3, -0.25) is 0 Å². The van der Waals surface area contributed by atoms with Crippen LogP contribution < -0.4 is 0 Å². The molecule has 50 valence electrons. The molecule has 0 aliphatic rings. The molecule has 0 aliphatic heterocycles. The molecule has 1 atom stereocenters. The zero-order chi connectivity index (χ0) is 7.49. The van der Waals surface area contributed by atoms with Gasteiger partial charge in [0.15, 0.2) is 16.1 Å². The second kappa shape index (κ2) is 2.60. The summed E-state index contributed by atoms with van der Waals surface area (Å²) in [6, 6.07) is 1.34. The highest BCUT2D eigenvalue weighted by atomic mass is 32.2. The summed E-state index contributed by atoms with van der Waals surface area (Å²) in [5, 5.41) is 6.50.